The largest absolute Gasteiger partial charge is 0.481 e. The van der Waals surface area contributed by atoms with Gasteiger partial charge in [-0.3, -0.25) is 4.79 Å². The van der Waals surface area contributed by atoms with Crippen LogP contribution in [0, 0.1) is 0 Å². The minimum atomic E-state index is -3.26. The molecule has 0 aliphatic heterocycles. The average Bonchev–Trinajstić information content (AvgIpc) is 3.12. The fraction of sp³-hybridized carbons (Fsp3) is 0.158. The lowest BCUT2D eigenvalue weighted by Crippen LogP contribution is -2.14. The van der Waals surface area contributed by atoms with E-state index in [4.69, 9.17) is 4.42 Å². The maximum absolute atomic E-state index is 11.7. The van der Waals surface area contributed by atoms with Gasteiger partial charge in [-0.1, -0.05) is 36.4 Å². The molecule has 3 aromatic rings. The van der Waals surface area contributed by atoms with Crippen LogP contribution in [0.2, 0.25) is 0 Å². The van der Waals surface area contributed by atoms with Crippen molar-refractivity contribution in [1.29, 1.82) is 0 Å². The van der Waals surface area contributed by atoms with Gasteiger partial charge in [-0.25, -0.2) is 13.4 Å². The maximum Gasteiger partial charge on any atom is 0.311 e. The Balaban J connectivity index is 1.92. The Hall–Kier alpha value is -2.93. The SMILES string of the molecule is CS(=O)(=O)c1ccc(-c2cccc(C(Cc3ncco3)C(=O)O)c2)cc1. The summed E-state index contributed by atoms with van der Waals surface area (Å²) in [7, 11) is -3.26. The Morgan fingerprint density at radius 1 is 1.15 bits per heavy atom. The predicted octanol–water partition coefficient (Wildman–Crippen LogP) is 3.16. The first-order valence-corrected chi connectivity index (χ1v) is 9.75. The molecular formula is C19H17NO5S. The zero-order valence-electron chi connectivity index (χ0n) is 14.0. The molecule has 0 fully saturated rings. The van der Waals surface area contributed by atoms with Crippen LogP contribution in [-0.2, 0) is 21.1 Å². The fourth-order valence-electron chi connectivity index (χ4n) is 2.71. The molecule has 1 N–H and O–H groups in total. The summed E-state index contributed by atoms with van der Waals surface area (Å²) < 4.78 is 28.3. The van der Waals surface area contributed by atoms with E-state index in [9.17, 15) is 18.3 Å². The van der Waals surface area contributed by atoms with E-state index in [0.717, 1.165) is 17.4 Å². The number of benzene rings is 2. The van der Waals surface area contributed by atoms with E-state index in [2.05, 4.69) is 4.98 Å². The first kappa shape index (κ1) is 17.9. The fourth-order valence-corrected chi connectivity index (χ4v) is 3.34. The number of nitrogens with zero attached hydrogens (tertiary/aromatic N) is 1. The van der Waals surface area contributed by atoms with Crippen LogP contribution in [-0.4, -0.2) is 30.7 Å². The molecule has 1 heterocycles. The maximum atomic E-state index is 11.7. The van der Waals surface area contributed by atoms with Gasteiger partial charge in [-0.15, -0.1) is 0 Å². The molecular weight excluding hydrogens is 354 g/mol. The molecule has 0 saturated carbocycles. The van der Waals surface area contributed by atoms with E-state index >= 15 is 0 Å². The van der Waals surface area contributed by atoms with Gasteiger partial charge in [0.25, 0.3) is 0 Å². The highest BCUT2D eigenvalue weighted by Crippen LogP contribution is 2.27. The third kappa shape index (κ3) is 4.00. The van der Waals surface area contributed by atoms with Crippen LogP contribution < -0.4 is 0 Å². The third-order valence-corrected chi connectivity index (χ3v) is 5.19. The second-order valence-corrected chi connectivity index (χ2v) is 7.96. The van der Waals surface area contributed by atoms with E-state index in [1.807, 2.05) is 6.07 Å². The Kier molecular flexibility index (Phi) is 4.90. The number of carboxylic acids is 1. The summed E-state index contributed by atoms with van der Waals surface area (Å²) in [4.78, 5) is 15.9. The standard InChI is InChI=1S/C19H17NO5S/c1-26(23,24)16-7-5-13(6-8-16)14-3-2-4-15(11-14)17(19(21)22)12-18-20-9-10-25-18/h2-11,17H,12H2,1H3,(H,21,22). The van der Waals surface area contributed by atoms with E-state index in [1.54, 1.807) is 42.5 Å². The van der Waals surface area contributed by atoms with Gasteiger partial charge < -0.3 is 9.52 Å². The van der Waals surface area contributed by atoms with Gasteiger partial charge in [0.15, 0.2) is 15.7 Å². The second kappa shape index (κ2) is 7.13. The molecule has 1 aromatic heterocycles. The van der Waals surface area contributed by atoms with E-state index in [-0.39, 0.29) is 11.3 Å². The molecule has 3 rings (SSSR count). The highest BCUT2D eigenvalue weighted by molar-refractivity contribution is 7.90. The number of carboxylic acid groups (broad SMARTS) is 1. The summed E-state index contributed by atoms with van der Waals surface area (Å²) in [6, 6.07) is 13.7. The lowest BCUT2D eigenvalue weighted by Gasteiger charge is -2.13. The molecule has 6 nitrogen and oxygen atoms in total. The zero-order chi connectivity index (χ0) is 18.7. The highest BCUT2D eigenvalue weighted by atomic mass is 32.2. The van der Waals surface area contributed by atoms with Crippen molar-refractivity contribution in [2.75, 3.05) is 6.26 Å². The minimum Gasteiger partial charge on any atom is -0.481 e. The quantitative estimate of drug-likeness (QED) is 0.715. The molecule has 134 valence electrons. The second-order valence-electron chi connectivity index (χ2n) is 5.94. The van der Waals surface area contributed by atoms with Crippen LogP contribution in [0.15, 0.2) is 70.3 Å². The van der Waals surface area contributed by atoms with Gasteiger partial charge in [0.05, 0.1) is 17.0 Å². The van der Waals surface area contributed by atoms with Crippen molar-refractivity contribution < 1.29 is 22.7 Å². The Morgan fingerprint density at radius 3 is 2.46 bits per heavy atom. The number of oxazole rings is 1. The van der Waals surface area contributed by atoms with Crippen LogP contribution in [0.5, 0.6) is 0 Å². The summed E-state index contributed by atoms with van der Waals surface area (Å²) in [5.74, 6) is -1.39. The smallest absolute Gasteiger partial charge is 0.311 e. The first-order valence-electron chi connectivity index (χ1n) is 7.86. The molecule has 0 radical (unpaired) electrons. The number of sulfone groups is 1. The lowest BCUT2D eigenvalue weighted by molar-refractivity contribution is -0.138. The number of aromatic nitrogens is 1. The van der Waals surface area contributed by atoms with Crippen LogP contribution >= 0.6 is 0 Å². The number of aliphatic carboxylic acids is 1. The Morgan fingerprint density at radius 2 is 1.88 bits per heavy atom. The molecule has 0 aliphatic carbocycles. The molecule has 0 amide bonds. The topological polar surface area (TPSA) is 97.5 Å². The van der Waals surface area contributed by atoms with Gasteiger partial charge in [0, 0.05) is 12.7 Å². The lowest BCUT2D eigenvalue weighted by atomic mass is 9.92. The van der Waals surface area contributed by atoms with Crippen LogP contribution in [0.4, 0.5) is 0 Å². The highest BCUT2D eigenvalue weighted by Gasteiger charge is 2.22. The number of rotatable bonds is 6. The molecule has 1 unspecified atom stereocenters. The summed E-state index contributed by atoms with van der Waals surface area (Å²) in [6.45, 7) is 0. The van der Waals surface area contributed by atoms with Gasteiger partial charge >= 0.3 is 5.97 Å². The van der Waals surface area contributed by atoms with Crippen molar-refractivity contribution in [3.63, 3.8) is 0 Å². The molecule has 0 aliphatic rings. The summed E-state index contributed by atoms with van der Waals surface area (Å²) in [5.41, 5.74) is 2.24. The molecule has 7 heteroatoms. The average molecular weight is 371 g/mol. The van der Waals surface area contributed by atoms with E-state index in [1.165, 1.54) is 12.5 Å². The third-order valence-electron chi connectivity index (χ3n) is 4.07. The molecule has 1 atom stereocenters. The van der Waals surface area contributed by atoms with Crippen molar-refractivity contribution in [2.24, 2.45) is 0 Å². The number of hydrogen-bond donors (Lipinski definition) is 1. The summed E-state index contributed by atoms with van der Waals surface area (Å²) >= 11 is 0. The monoisotopic (exact) mass is 371 g/mol. The molecule has 0 spiro atoms. The molecule has 26 heavy (non-hydrogen) atoms. The minimum absolute atomic E-state index is 0.152. The Labute approximate surface area is 151 Å². The molecule has 0 bridgehead atoms. The van der Waals surface area contributed by atoms with Crippen molar-refractivity contribution in [3.05, 3.63) is 72.4 Å². The van der Waals surface area contributed by atoms with Crippen LogP contribution in [0.3, 0.4) is 0 Å². The van der Waals surface area contributed by atoms with E-state index < -0.39 is 21.7 Å². The van der Waals surface area contributed by atoms with Gasteiger partial charge in [0.1, 0.15) is 6.26 Å². The van der Waals surface area contributed by atoms with Crippen LogP contribution in [0.25, 0.3) is 11.1 Å². The predicted molar refractivity (Wildman–Crippen MR) is 95.6 cm³/mol. The molecule has 0 saturated heterocycles. The van der Waals surface area contributed by atoms with Crippen molar-refractivity contribution in [3.8, 4) is 11.1 Å². The summed E-state index contributed by atoms with van der Waals surface area (Å²) in [6.07, 6.45) is 4.20. The summed E-state index contributed by atoms with van der Waals surface area (Å²) in [5, 5.41) is 9.58. The Bertz CT molecular complexity index is 1010. The van der Waals surface area contributed by atoms with Crippen molar-refractivity contribution >= 4 is 15.8 Å². The number of hydrogen-bond acceptors (Lipinski definition) is 5. The van der Waals surface area contributed by atoms with Gasteiger partial charge in [0.2, 0.25) is 0 Å². The van der Waals surface area contributed by atoms with Crippen molar-refractivity contribution in [1.82, 2.24) is 4.98 Å². The zero-order valence-corrected chi connectivity index (χ0v) is 14.8. The van der Waals surface area contributed by atoms with Gasteiger partial charge in [-0.2, -0.15) is 0 Å². The molecule has 2 aromatic carbocycles. The van der Waals surface area contributed by atoms with E-state index in [0.29, 0.717) is 11.5 Å². The van der Waals surface area contributed by atoms with Crippen LogP contribution in [0.1, 0.15) is 17.4 Å². The number of carbonyl (C=O) groups is 1. The van der Waals surface area contributed by atoms with Crippen molar-refractivity contribution in [2.45, 2.75) is 17.2 Å². The van der Waals surface area contributed by atoms with Gasteiger partial charge in [-0.05, 0) is 28.8 Å². The normalized spacial score (nSPS) is 12.7. The first-order chi connectivity index (χ1) is 12.3.